The molecule has 1 amide bonds. The van der Waals surface area contributed by atoms with Gasteiger partial charge in [-0.3, -0.25) is 4.79 Å². The van der Waals surface area contributed by atoms with E-state index in [-0.39, 0.29) is 10.5 Å². The Labute approximate surface area is 154 Å². The van der Waals surface area contributed by atoms with Crippen molar-refractivity contribution in [1.82, 2.24) is 4.72 Å². The predicted octanol–water partition coefficient (Wildman–Crippen LogP) is 3.42. The third-order valence-corrected chi connectivity index (χ3v) is 5.12. The van der Waals surface area contributed by atoms with Crippen LogP contribution in [0.1, 0.15) is 37.0 Å². The zero-order valence-electron chi connectivity index (χ0n) is 15.0. The number of carbonyl (C=O) groups is 1. The van der Waals surface area contributed by atoms with Gasteiger partial charge in [-0.2, -0.15) is 0 Å². The van der Waals surface area contributed by atoms with Crippen LogP contribution in [0.5, 0.6) is 5.75 Å². The molecule has 0 heterocycles. The van der Waals surface area contributed by atoms with Gasteiger partial charge < -0.3 is 10.1 Å². The number of hydrogen-bond acceptors (Lipinski definition) is 4. The van der Waals surface area contributed by atoms with E-state index in [0.29, 0.717) is 24.6 Å². The monoisotopic (exact) mass is 376 g/mol. The van der Waals surface area contributed by atoms with E-state index in [0.717, 1.165) is 12.8 Å². The SMILES string of the molecule is CCCCNS(=O)(=O)c1cccc(C(=O)Nc2ccccc2OCC)c1. The summed E-state index contributed by atoms with van der Waals surface area (Å²) in [7, 11) is -3.63. The van der Waals surface area contributed by atoms with Crippen molar-refractivity contribution in [3.8, 4) is 5.75 Å². The molecule has 2 rings (SSSR count). The highest BCUT2D eigenvalue weighted by Crippen LogP contribution is 2.24. The highest BCUT2D eigenvalue weighted by molar-refractivity contribution is 7.89. The lowest BCUT2D eigenvalue weighted by molar-refractivity contribution is 0.102. The molecule has 0 spiro atoms. The quantitative estimate of drug-likeness (QED) is 0.657. The Kier molecular flexibility index (Phi) is 7.17. The summed E-state index contributed by atoms with van der Waals surface area (Å²) < 4.78 is 32.7. The molecule has 2 aromatic carbocycles. The Balaban J connectivity index is 2.18. The van der Waals surface area contributed by atoms with Crippen molar-refractivity contribution < 1.29 is 17.9 Å². The van der Waals surface area contributed by atoms with Gasteiger partial charge in [0, 0.05) is 12.1 Å². The number of carbonyl (C=O) groups excluding carboxylic acids is 1. The summed E-state index contributed by atoms with van der Waals surface area (Å²) in [5.41, 5.74) is 0.795. The standard InChI is InChI=1S/C19H24N2O4S/c1-3-5-13-20-26(23,24)16-10-8-9-15(14-16)19(22)21-17-11-6-7-12-18(17)25-4-2/h6-12,14,20H,3-5,13H2,1-2H3,(H,21,22). The maximum Gasteiger partial charge on any atom is 0.255 e. The van der Waals surface area contributed by atoms with Gasteiger partial charge in [0.25, 0.3) is 5.91 Å². The number of hydrogen-bond donors (Lipinski definition) is 2. The summed E-state index contributed by atoms with van der Waals surface area (Å²) in [6.07, 6.45) is 1.65. The topological polar surface area (TPSA) is 84.5 Å². The first kappa shape index (κ1) is 19.9. The van der Waals surface area contributed by atoms with Gasteiger partial charge >= 0.3 is 0 Å². The molecule has 6 nitrogen and oxygen atoms in total. The third-order valence-electron chi connectivity index (χ3n) is 3.66. The van der Waals surface area contributed by atoms with E-state index in [1.807, 2.05) is 19.9 Å². The number of unbranched alkanes of at least 4 members (excludes halogenated alkanes) is 1. The fourth-order valence-corrected chi connectivity index (χ4v) is 3.44. The largest absolute Gasteiger partial charge is 0.492 e. The molecule has 0 bridgehead atoms. The maximum atomic E-state index is 12.5. The van der Waals surface area contributed by atoms with Gasteiger partial charge in [-0.25, -0.2) is 13.1 Å². The van der Waals surface area contributed by atoms with Crippen LogP contribution in [0.4, 0.5) is 5.69 Å². The van der Waals surface area contributed by atoms with Crippen LogP contribution in [0, 0.1) is 0 Å². The van der Waals surface area contributed by atoms with Crippen molar-refractivity contribution in [3.63, 3.8) is 0 Å². The van der Waals surface area contributed by atoms with Crippen molar-refractivity contribution in [2.24, 2.45) is 0 Å². The van der Waals surface area contributed by atoms with Crippen molar-refractivity contribution >= 4 is 21.6 Å². The van der Waals surface area contributed by atoms with Crippen LogP contribution in [0.15, 0.2) is 53.4 Å². The molecule has 140 valence electrons. The smallest absolute Gasteiger partial charge is 0.255 e. The Hall–Kier alpha value is -2.38. The highest BCUT2D eigenvalue weighted by Gasteiger charge is 2.16. The van der Waals surface area contributed by atoms with Crippen molar-refractivity contribution in [2.45, 2.75) is 31.6 Å². The first-order valence-corrected chi connectivity index (χ1v) is 10.1. The molecule has 0 unspecified atom stereocenters. The number of rotatable bonds is 9. The Bertz CT molecular complexity index is 850. The van der Waals surface area contributed by atoms with Gasteiger partial charge in [-0.1, -0.05) is 31.5 Å². The lowest BCUT2D eigenvalue weighted by Gasteiger charge is -2.12. The molecule has 0 aliphatic rings. The lowest BCUT2D eigenvalue weighted by Crippen LogP contribution is -2.25. The first-order chi connectivity index (χ1) is 12.5. The van der Waals surface area contributed by atoms with Crippen LogP contribution < -0.4 is 14.8 Å². The molecule has 26 heavy (non-hydrogen) atoms. The Morgan fingerprint density at radius 1 is 1.08 bits per heavy atom. The molecular weight excluding hydrogens is 352 g/mol. The first-order valence-electron chi connectivity index (χ1n) is 8.60. The fraction of sp³-hybridized carbons (Fsp3) is 0.316. The summed E-state index contributed by atoms with van der Waals surface area (Å²) in [6.45, 7) is 4.69. The summed E-state index contributed by atoms with van der Waals surface area (Å²) in [5, 5.41) is 2.76. The maximum absolute atomic E-state index is 12.5. The summed E-state index contributed by atoms with van der Waals surface area (Å²) >= 11 is 0. The van der Waals surface area contributed by atoms with Gasteiger partial charge in [0.2, 0.25) is 10.0 Å². The molecule has 7 heteroatoms. The minimum Gasteiger partial charge on any atom is -0.492 e. The molecule has 0 aliphatic carbocycles. The number of benzene rings is 2. The van der Waals surface area contributed by atoms with Crippen molar-refractivity contribution in [3.05, 3.63) is 54.1 Å². The van der Waals surface area contributed by atoms with E-state index < -0.39 is 15.9 Å². The van der Waals surface area contributed by atoms with Crippen molar-refractivity contribution in [2.75, 3.05) is 18.5 Å². The zero-order chi connectivity index (χ0) is 19.0. The van der Waals surface area contributed by atoms with E-state index in [1.165, 1.54) is 12.1 Å². The summed E-state index contributed by atoms with van der Waals surface area (Å²) in [6, 6.07) is 13.1. The van der Waals surface area contributed by atoms with Crippen LogP contribution in [-0.4, -0.2) is 27.5 Å². The van der Waals surface area contributed by atoms with Crippen LogP contribution in [0.25, 0.3) is 0 Å². The fourth-order valence-electron chi connectivity index (χ4n) is 2.32. The van der Waals surface area contributed by atoms with Crippen LogP contribution in [-0.2, 0) is 10.0 Å². The molecule has 0 aromatic heterocycles. The number of amides is 1. The van der Waals surface area contributed by atoms with Crippen LogP contribution >= 0.6 is 0 Å². The zero-order valence-corrected chi connectivity index (χ0v) is 15.8. The van der Waals surface area contributed by atoms with Gasteiger partial charge in [0.05, 0.1) is 17.2 Å². The van der Waals surface area contributed by atoms with Crippen molar-refractivity contribution in [1.29, 1.82) is 0 Å². The van der Waals surface area contributed by atoms with Gasteiger partial charge in [-0.15, -0.1) is 0 Å². The normalized spacial score (nSPS) is 11.2. The van der Waals surface area contributed by atoms with E-state index in [9.17, 15) is 13.2 Å². The molecule has 2 N–H and O–H groups in total. The average Bonchev–Trinajstić information content (AvgIpc) is 2.64. The predicted molar refractivity (Wildman–Crippen MR) is 102 cm³/mol. The minimum atomic E-state index is -3.63. The number of anilines is 1. The van der Waals surface area contributed by atoms with Crippen LogP contribution in [0.2, 0.25) is 0 Å². The molecular formula is C19H24N2O4S. The second kappa shape index (κ2) is 9.35. The molecule has 0 atom stereocenters. The molecule has 0 saturated carbocycles. The van der Waals surface area contributed by atoms with Crippen LogP contribution in [0.3, 0.4) is 0 Å². The number of nitrogens with one attached hydrogen (secondary N) is 2. The summed E-state index contributed by atoms with van der Waals surface area (Å²) in [4.78, 5) is 12.6. The molecule has 0 aliphatic heterocycles. The minimum absolute atomic E-state index is 0.0688. The van der Waals surface area contributed by atoms with Gasteiger partial charge in [0.1, 0.15) is 5.75 Å². The lowest BCUT2D eigenvalue weighted by atomic mass is 10.2. The number of ether oxygens (including phenoxy) is 1. The molecule has 0 saturated heterocycles. The Morgan fingerprint density at radius 3 is 2.58 bits per heavy atom. The summed E-state index contributed by atoms with van der Waals surface area (Å²) in [5.74, 6) is 0.163. The Morgan fingerprint density at radius 2 is 1.85 bits per heavy atom. The number of para-hydroxylation sites is 2. The van der Waals surface area contributed by atoms with E-state index >= 15 is 0 Å². The molecule has 0 fully saturated rings. The number of sulfonamides is 1. The average molecular weight is 376 g/mol. The van der Waals surface area contributed by atoms with E-state index in [1.54, 1.807) is 30.3 Å². The van der Waals surface area contributed by atoms with E-state index in [2.05, 4.69) is 10.0 Å². The highest BCUT2D eigenvalue weighted by atomic mass is 32.2. The van der Waals surface area contributed by atoms with E-state index in [4.69, 9.17) is 4.74 Å². The molecule has 0 radical (unpaired) electrons. The van der Waals surface area contributed by atoms with Gasteiger partial charge in [0.15, 0.2) is 0 Å². The third kappa shape index (κ3) is 5.31. The van der Waals surface area contributed by atoms with Gasteiger partial charge in [-0.05, 0) is 43.7 Å². The second-order valence-electron chi connectivity index (χ2n) is 5.66. The second-order valence-corrected chi connectivity index (χ2v) is 7.43. The molecule has 2 aromatic rings.